The minimum absolute atomic E-state index is 0.0266. The number of nitrogens with zero attached hydrogens (tertiary/aromatic N) is 3. The smallest absolute Gasteiger partial charge is 0.191 e. The summed E-state index contributed by atoms with van der Waals surface area (Å²) in [7, 11) is -1.64. The number of rotatable bonds is 6. The zero-order chi connectivity index (χ0) is 18.7. The number of aromatic nitrogens is 3. The summed E-state index contributed by atoms with van der Waals surface area (Å²) in [5, 5.41) is 8.61. The molecule has 0 saturated heterocycles. The second-order valence-electron chi connectivity index (χ2n) is 5.47. The highest BCUT2D eigenvalue weighted by Crippen LogP contribution is 2.25. The summed E-state index contributed by atoms with van der Waals surface area (Å²) in [4.78, 5) is 0.284. The number of thioether (sulfide) groups is 1. The highest BCUT2D eigenvalue weighted by atomic mass is 79.9. The summed E-state index contributed by atoms with van der Waals surface area (Å²) >= 11 is 4.56. The van der Waals surface area contributed by atoms with Gasteiger partial charge in [-0.25, -0.2) is 12.8 Å². The molecule has 3 rings (SSSR count). The van der Waals surface area contributed by atoms with E-state index in [0.717, 1.165) is 4.47 Å². The maximum Gasteiger partial charge on any atom is 0.191 e. The van der Waals surface area contributed by atoms with Gasteiger partial charge >= 0.3 is 0 Å². The SMILES string of the molecule is Cn1c(SCCS(=O)(=O)c2ccc(Br)cc2)nnc1-c1ccccc1F. The lowest BCUT2D eigenvalue weighted by Crippen LogP contribution is -2.09. The number of hydrogen-bond acceptors (Lipinski definition) is 5. The van der Waals surface area contributed by atoms with E-state index in [4.69, 9.17) is 0 Å². The summed E-state index contributed by atoms with van der Waals surface area (Å²) in [6, 6.07) is 12.9. The molecule has 0 aliphatic heterocycles. The third-order valence-electron chi connectivity index (χ3n) is 3.71. The van der Waals surface area contributed by atoms with Crippen molar-refractivity contribution < 1.29 is 12.8 Å². The Morgan fingerprint density at radius 2 is 1.81 bits per heavy atom. The van der Waals surface area contributed by atoms with Gasteiger partial charge in [0.2, 0.25) is 0 Å². The number of hydrogen-bond donors (Lipinski definition) is 0. The lowest BCUT2D eigenvalue weighted by molar-refractivity contribution is 0.597. The summed E-state index contributed by atoms with van der Waals surface area (Å²) in [5.41, 5.74) is 0.358. The first kappa shape index (κ1) is 19.1. The van der Waals surface area contributed by atoms with Crippen LogP contribution in [0, 0.1) is 5.82 Å². The van der Waals surface area contributed by atoms with E-state index >= 15 is 0 Å². The average molecular weight is 456 g/mol. The average Bonchev–Trinajstić information content (AvgIpc) is 2.96. The van der Waals surface area contributed by atoms with E-state index in [1.54, 1.807) is 54.1 Å². The van der Waals surface area contributed by atoms with E-state index in [-0.39, 0.29) is 16.5 Å². The van der Waals surface area contributed by atoms with Crippen molar-refractivity contribution in [2.24, 2.45) is 7.05 Å². The standard InChI is InChI=1S/C17H15BrFN3O2S2/c1-22-16(14-4-2-3-5-15(14)19)20-21-17(22)25-10-11-26(23,24)13-8-6-12(18)7-9-13/h2-9H,10-11H2,1H3. The molecule has 0 atom stereocenters. The molecule has 0 aliphatic rings. The molecule has 1 aromatic heterocycles. The monoisotopic (exact) mass is 455 g/mol. The molecule has 0 N–H and O–H groups in total. The van der Waals surface area contributed by atoms with Crippen molar-refractivity contribution in [1.29, 1.82) is 0 Å². The second kappa shape index (κ2) is 7.89. The van der Waals surface area contributed by atoms with Crippen LogP contribution in [-0.4, -0.2) is 34.7 Å². The molecular formula is C17H15BrFN3O2S2. The van der Waals surface area contributed by atoms with Gasteiger partial charge in [0.05, 0.1) is 16.2 Å². The van der Waals surface area contributed by atoms with Crippen molar-refractivity contribution in [2.75, 3.05) is 11.5 Å². The van der Waals surface area contributed by atoms with Crippen molar-refractivity contribution in [3.8, 4) is 11.4 Å². The number of halogens is 2. The van der Waals surface area contributed by atoms with Crippen LogP contribution in [0.2, 0.25) is 0 Å². The van der Waals surface area contributed by atoms with E-state index in [1.165, 1.54) is 17.8 Å². The van der Waals surface area contributed by atoms with E-state index < -0.39 is 9.84 Å². The fraction of sp³-hybridized carbons (Fsp3) is 0.176. The Bertz CT molecular complexity index is 1020. The molecular weight excluding hydrogens is 441 g/mol. The normalized spacial score (nSPS) is 11.7. The van der Waals surface area contributed by atoms with Crippen LogP contribution in [0.5, 0.6) is 0 Å². The van der Waals surface area contributed by atoms with Crippen LogP contribution >= 0.6 is 27.7 Å². The van der Waals surface area contributed by atoms with Crippen molar-refractivity contribution in [3.63, 3.8) is 0 Å². The van der Waals surface area contributed by atoms with Gasteiger partial charge in [0.1, 0.15) is 5.82 Å². The second-order valence-corrected chi connectivity index (χ2v) is 9.55. The molecule has 0 bridgehead atoms. The topological polar surface area (TPSA) is 64.8 Å². The molecule has 1 heterocycles. The maximum absolute atomic E-state index is 13.9. The lowest BCUT2D eigenvalue weighted by Gasteiger charge is -2.06. The third-order valence-corrected chi connectivity index (χ3v) is 7.25. The number of sulfone groups is 1. The van der Waals surface area contributed by atoms with Crippen molar-refractivity contribution >= 4 is 37.5 Å². The van der Waals surface area contributed by atoms with Crippen LogP contribution in [0.15, 0.2) is 63.1 Å². The van der Waals surface area contributed by atoms with Crippen molar-refractivity contribution in [2.45, 2.75) is 10.1 Å². The van der Waals surface area contributed by atoms with Gasteiger partial charge in [-0.15, -0.1) is 10.2 Å². The zero-order valence-electron chi connectivity index (χ0n) is 13.8. The molecule has 0 unspecified atom stereocenters. The Labute approximate surface area is 163 Å². The van der Waals surface area contributed by atoms with Crippen LogP contribution in [0.4, 0.5) is 4.39 Å². The van der Waals surface area contributed by atoms with E-state index in [2.05, 4.69) is 26.1 Å². The molecule has 0 fully saturated rings. The molecule has 26 heavy (non-hydrogen) atoms. The molecule has 0 spiro atoms. The summed E-state index contributed by atoms with van der Waals surface area (Å²) < 4.78 is 41.1. The summed E-state index contributed by atoms with van der Waals surface area (Å²) in [5.74, 6) is 0.321. The van der Waals surface area contributed by atoms with Gasteiger partial charge in [-0.1, -0.05) is 39.8 Å². The Kier molecular flexibility index (Phi) is 5.79. The van der Waals surface area contributed by atoms with Gasteiger partial charge < -0.3 is 4.57 Å². The Morgan fingerprint density at radius 3 is 2.50 bits per heavy atom. The van der Waals surface area contributed by atoms with E-state index in [1.807, 2.05) is 0 Å². The van der Waals surface area contributed by atoms with Gasteiger partial charge in [-0.05, 0) is 36.4 Å². The lowest BCUT2D eigenvalue weighted by atomic mass is 10.2. The van der Waals surface area contributed by atoms with Crippen LogP contribution in [0.25, 0.3) is 11.4 Å². The molecule has 5 nitrogen and oxygen atoms in total. The molecule has 136 valence electrons. The maximum atomic E-state index is 13.9. The van der Waals surface area contributed by atoms with Crippen molar-refractivity contribution in [1.82, 2.24) is 14.8 Å². The highest BCUT2D eigenvalue weighted by Gasteiger charge is 2.17. The first-order valence-corrected chi connectivity index (χ1v) is 11.1. The molecule has 3 aromatic rings. The first-order valence-electron chi connectivity index (χ1n) is 7.64. The van der Waals surface area contributed by atoms with Gasteiger partial charge in [-0.2, -0.15) is 0 Å². The summed E-state index contributed by atoms with van der Waals surface area (Å²) in [6.45, 7) is 0. The summed E-state index contributed by atoms with van der Waals surface area (Å²) in [6.07, 6.45) is 0. The number of benzene rings is 2. The molecule has 0 aliphatic carbocycles. The van der Waals surface area contributed by atoms with Crippen LogP contribution in [0.3, 0.4) is 0 Å². The van der Waals surface area contributed by atoms with Crippen LogP contribution in [-0.2, 0) is 16.9 Å². The molecule has 0 radical (unpaired) electrons. The largest absolute Gasteiger partial charge is 0.305 e. The zero-order valence-corrected chi connectivity index (χ0v) is 17.0. The fourth-order valence-electron chi connectivity index (χ4n) is 2.32. The van der Waals surface area contributed by atoms with Gasteiger partial charge in [0.15, 0.2) is 20.8 Å². The third kappa shape index (κ3) is 4.16. The quantitative estimate of drug-likeness (QED) is 0.526. The van der Waals surface area contributed by atoms with Gasteiger partial charge in [0.25, 0.3) is 0 Å². The Hall–Kier alpha value is -1.71. The minimum atomic E-state index is -3.37. The van der Waals surface area contributed by atoms with Crippen LogP contribution in [0.1, 0.15) is 0 Å². The van der Waals surface area contributed by atoms with Crippen LogP contribution < -0.4 is 0 Å². The van der Waals surface area contributed by atoms with E-state index in [0.29, 0.717) is 22.3 Å². The van der Waals surface area contributed by atoms with Gasteiger partial charge in [0, 0.05) is 17.3 Å². The minimum Gasteiger partial charge on any atom is -0.305 e. The Balaban J connectivity index is 1.69. The predicted molar refractivity (Wildman–Crippen MR) is 103 cm³/mol. The molecule has 9 heteroatoms. The highest BCUT2D eigenvalue weighted by molar-refractivity contribution is 9.10. The first-order chi connectivity index (χ1) is 12.4. The van der Waals surface area contributed by atoms with Crippen molar-refractivity contribution in [3.05, 3.63) is 58.8 Å². The Morgan fingerprint density at radius 1 is 1.12 bits per heavy atom. The fourth-order valence-corrected chi connectivity index (χ4v) is 5.14. The van der Waals surface area contributed by atoms with E-state index in [9.17, 15) is 12.8 Å². The molecule has 2 aromatic carbocycles. The van der Waals surface area contributed by atoms with Gasteiger partial charge in [-0.3, -0.25) is 0 Å². The molecule has 0 amide bonds. The molecule has 0 saturated carbocycles. The predicted octanol–water partition coefficient (Wildman–Crippen LogP) is 3.95.